The predicted molar refractivity (Wildman–Crippen MR) is 93.8 cm³/mol. The molecule has 1 fully saturated rings. The van der Waals surface area contributed by atoms with Gasteiger partial charge in [-0.2, -0.15) is 8.78 Å². The van der Waals surface area contributed by atoms with Gasteiger partial charge in [0.05, 0.1) is 5.92 Å². The fraction of sp³-hybridized carbons (Fsp3) is 0.286. The van der Waals surface area contributed by atoms with Crippen LogP contribution in [-0.2, 0) is 16.1 Å². The van der Waals surface area contributed by atoms with Crippen molar-refractivity contribution in [1.29, 1.82) is 0 Å². The topological polar surface area (TPSA) is 35.5 Å². The van der Waals surface area contributed by atoms with E-state index >= 15 is 0 Å². The van der Waals surface area contributed by atoms with Gasteiger partial charge in [-0.05, 0) is 41.3 Å². The van der Waals surface area contributed by atoms with Crippen molar-refractivity contribution in [2.45, 2.75) is 20.5 Å². The van der Waals surface area contributed by atoms with Crippen LogP contribution in [0.15, 0.2) is 66.8 Å². The van der Waals surface area contributed by atoms with Gasteiger partial charge in [0, 0.05) is 5.92 Å². The number of carbonyl (C=O) groups excluding carboxylic acids is 1. The Labute approximate surface area is 151 Å². The number of ether oxygens (including phenoxy) is 2. The molecule has 3 rings (SSSR count). The van der Waals surface area contributed by atoms with Gasteiger partial charge in [-0.15, -0.1) is 0 Å². The number of hydrogen-bond donors (Lipinski definition) is 0. The second kappa shape index (κ2) is 7.28. The Kier molecular flexibility index (Phi) is 5.07. The summed E-state index contributed by atoms with van der Waals surface area (Å²) in [6.45, 7) is 3.65. The summed E-state index contributed by atoms with van der Waals surface area (Å²) < 4.78 is 36.0. The zero-order chi connectivity index (χ0) is 18.7. The molecule has 1 aliphatic carbocycles. The lowest BCUT2D eigenvalue weighted by Crippen LogP contribution is -2.10. The highest BCUT2D eigenvalue weighted by Gasteiger charge is 2.61. The summed E-state index contributed by atoms with van der Waals surface area (Å²) in [4.78, 5) is 12.2. The lowest BCUT2D eigenvalue weighted by atomic mass is 10.1. The molecular weight excluding hydrogens is 338 g/mol. The Bertz CT molecular complexity index is 811. The van der Waals surface area contributed by atoms with Gasteiger partial charge < -0.3 is 9.47 Å². The number of esters is 1. The molecular formula is C21H20F2O3. The van der Waals surface area contributed by atoms with E-state index in [1.54, 1.807) is 19.9 Å². The number of benzene rings is 2. The maximum Gasteiger partial charge on any atom is 0.310 e. The molecule has 3 nitrogen and oxygen atoms in total. The van der Waals surface area contributed by atoms with Gasteiger partial charge in [-0.25, -0.2) is 0 Å². The molecule has 1 saturated carbocycles. The highest BCUT2D eigenvalue weighted by Crippen LogP contribution is 2.60. The Morgan fingerprint density at radius 1 is 1.08 bits per heavy atom. The number of carbonyl (C=O) groups is 1. The van der Waals surface area contributed by atoms with Crippen LogP contribution in [0.3, 0.4) is 0 Å². The van der Waals surface area contributed by atoms with Crippen LogP contribution in [0.1, 0.15) is 19.4 Å². The van der Waals surface area contributed by atoms with E-state index in [1.807, 2.05) is 48.5 Å². The summed E-state index contributed by atoms with van der Waals surface area (Å²) in [7, 11) is 0. The van der Waals surface area contributed by atoms with E-state index in [2.05, 4.69) is 0 Å². The zero-order valence-electron chi connectivity index (χ0n) is 14.6. The molecule has 136 valence electrons. The molecule has 0 bridgehead atoms. The third kappa shape index (κ3) is 4.10. The Morgan fingerprint density at radius 3 is 2.46 bits per heavy atom. The third-order valence-electron chi connectivity index (χ3n) is 4.73. The van der Waals surface area contributed by atoms with E-state index < -0.39 is 29.3 Å². The average Bonchev–Trinajstić information content (AvgIpc) is 3.13. The van der Waals surface area contributed by atoms with Crippen LogP contribution in [0.25, 0.3) is 0 Å². The number of hydrogen-bond acceptors (Lipinski definition) is 3. The van der Waals surface area contributed by atoms with E-state index in [9.17, 15) is 13.6 Å². The second-order valence-electron chi connectivity index (χ2n) is 6.95. The van der Waals surface area contributed by atoms with Gasteiger partial charge in [0.2, 0.25) is 0 Å². The van der Waals surface area contributed by atoms with Gasteiger partial charge in [-0.1, -0.05) is 44.2 Å². The molecule has 2 aromatic rings. The van der Waals surface area contributed by atoms with E-state index in [0.717, 1.165) is 11.6 Å². The highest BCUT2D eigenvalue weighted by molar-refractivity contribution is 5.78. The summed E-state index contributed by atoms with van der Waals surface area (Å²) in [5.74, 6) is -0.117. The fourth-order valence-corrected chi connectivity index (χ4v) is 3.14. The van der Waals surface area contributed by atoms with Crippen LogP contribution in [-0.4, -0.2) is 5.97 Å². The SMILES string of the molecule is CC1(C)C(C=C(F)F)C1C(=O)OCc1cccc(Oc2ccccc2)c1. The zero-order valence-corrected chi connectivity index (χ0v) is 14.6. The smallest absolute Gasteiger partial charge is 0.310 e. The summed E-state index contributed by atoms with van der Waals surface area (Å²) >= 11 is 0. The van der Waals surface area contributed by atoms with E-state index in [-0.39, 0.29) is 6.61 Å². The first-order valence-electron chi connectivity index (χ1n) is 8.39. The summed E-state index contributed by atoms with van der Waals surface area (Å²) in [5, 5.41) is 0. The molecule has 1 aliphatic rings. The standard InChI is InChI=1S/C21H20F2O3/c1-21(2)17(12-18(22)23)19(21)20(24)25-13-14-7-6-10-16(11-14)26-15-8-4-3-5-9-15/h3-12,17,19H,13H2,1-2H3. The van der Waals surface area contributed by atoms with Crippen molar-refractivity contribution in [2.75, 3.05) is 0 Å². The minimum Gasteiger partial charge on any atom is -0.461 e. The Morgan fingerprint density at radius 2 is 1.77 bits per heavy atom. The van der Waals surface area contributed by atoms with Crippen molar-refractivity contribution in [3.05, 3.63) is 72.3 Å². The first-order chi connectivity index (χ1) is 12.4. The van der Waals surface area contributed by atoms with Crippen LogP contribution in [0.5, 0.6) is 11.5 Å². The minimum atomic E-state index is -1.76. The van der Waals surface area contributed by atoms with Crippen LogP contribution in [0.4, 0.5) is 8.78 Å². The van der Waals surface area contributed by atoms with Crippen LogP contribution >= 0.6 is 0 Å². The van der Waals surface area contributed by atoms with Gasteiger partial charge in [0.25, 0.3) is 6.08 Å². The van der Waals surface area contributed by atoms with Crippen molar-refractivity contribution in [3.63, 3.8) is 0 Å². The Hall–Kier alpha value is -2.69. The van der Waals surface area contributed by atoms with Crippen LogP contribution in [0, 0.1) is 17.3 Å². The quantitative estimate of drug-likeness (QED) is 0.633. The van der Waals surface area contributed by atoms with Gasteiger partial charge in [0.15, 0.2) is 0 Å². The number of halogens is 2. The van der Waals surface area contributed by atoms with Crippen molar-refractivity contribution in [1.82, 2.24) is 0 Å². The number of para-hydroxylation sites is 1. The Balaban J connectivity index is 1.59. The largest absolute Gasteiger partial charge is 0.461 e. The average molecular weight is 358 g/mol. The lowest BCUT2D eigenvalue weighted by molar-refractivity contribution is -0.147. The normalized spacial score (nSPS) is 20.2. The van der Waals surface area contributed by atoms with Gasteiger partial charge in [0.1, 0.15) is 18.1 Å². The molecule has 0 N–H and O–H groups in total. The van der Waals surface area contributed by atoms with Crippen molar-refractivity contribution in [3.8, 4) is 11.5 Å². The van der Waals surface area contributed by atoms with E-state index in [1.165, 1.54) is 0 Å². The highest BCUT2D eigenvalue weighted by atomic mass is 19.3. The van der Waals surface area contributed by atoms with Crippen LogP contribution in [0.2, 0.25) is 0 Å². The molecule has 5 heteroatoms. The third-order valence-corrected chi connectivity index (χ3v) is 4.73. The first kappa shape index (κ1) is 18.1. The van der Waals surface area contributed by atoms with E-state index in [0.29, 0.717) is 11.5 Å². The van der Waals surface area contributed by atoms with Crippen molar-refractivity contribution < 1.29 is 23.0 Å². The second-order valence-corrected chi connectivity index (χ2v) is 6.95. The predicted octanol–water partition coefficient (Wildman–Crippen LogP) is 5.57. The summed E-state index contributed by atoms with van der Waals surface area (Å²) in [6, 6.07) is 16.6. The van der Waals surface area contributed by atoms with Crippen molar-refractivity contribution in [2.24, 2.45) is 17.3 Å². The van der Waals surface area contributed by atoms with Crippen LogP contribution < -0.4 is 4.74 Å². The molecule has 0 aliphatic heterocycles. The summed E-state index contributed by atoms with van der Waals surface area (Å²) in [5.41, 5.74) is 0.271. The molecule has 2 aromatic carbocycles. The molecule has 0 amide bonds. The molecule has 0 radical (unpaired) electrons. The molecule has 0 heterocycles. The molecule has 0 aromatic heterocycles. The maximum atomic E-state index is 12.5. The molecule has 0 saturated heterocycles. The summed E-state index contributed by atoms with van der Waals surface area (Å²) in [6.07, 6.45) is -0.913. The molecule has 2 atom stereocenters. The maximum absolute atomic E-state index is 12.5. The molecule has 0 spiro atoms. The molecule has 26 heavy (non-hydrogen) atoms. The van der Waals surface area contributed by atoms with Gasteiger partial charge in [-0.3, -0.25) is 4.79 Å². The van der Waals surface area contributed by atoms with Crippen molar-refractivity contribution >= 4 is 5.97 Å². The van der Waals surface area contributed by atoms with E-state index in [4.69, 9.17) is 9.47 Å². The fourth-order valence-electron chi connectivity index (χ4n) is 3.14. The van der Waals surface area contributed by atoms with Gasteiger partial charge >= 0.3 is 5.97 Å². The number of rotatable bonds is 6. The first-order valence-corrected chi connectivity index (χ1v) is 8.39. The monoisotopic (exact) mass is 358 g/mol. The minimum absolute atomic E-state index is 0.0753. The number of allylic oxidation sites excluding steroid dienone is 1. The lowest BCUT2D eigenvalue weighted by Gasteiger charge is -2.09. The molecule has 2 unspecified atom stereocenters.